The highest BCUT2D eigenvalue weighted by molar-refractivity contribution is 5.70. The molecule has 1 aliphatic rings. The zero-order valence-electron chi connectivity index (χ0n) is 8.91. The standard InChI is InChI=1S/C10H19NO3/c1-3-14-10(12)7-13-5-4-11-9-6-8(9)2/h8-9,11H,3-7H2,1-2H3. The number of hydrogen-bond acceptors (Lipinski definition) is 4. The van der Waals surface area contributed by atoms with E-state index < -0.39 is 0 Å². The first-order chi connectivity index (χ1) is 6.74. The third kappa shape index (κ3) is 4.58. The zero-order valence-corrected chi connectivity index (χ0v) is 8.91. The van der Waals surface area contributed by atoms with Crippen LogP contribution in [0.25, 0.3) is 0 Å². The number of rotatable bonds is 7. The van der Waals surface area contributed by atoms with Crippen molar-refractivity contribution in [1.29, 1.82) is 0 Å². The molecule has 0 aromatic heterocycles. The first kappa shape index (κ1) is 11.5. The number of ether oxygens (including phenoxy) is 2. The third-order valence-corrected chi connectivity index (χ3v) is 2.29. The Morgan fingerprint density at radius 3 is 2.86 bits per heavy atom. The zero-order chi connectivity index (χ0) is 10.4. The lowest BCUT2D eigenvalue weighted by molar-refractivity contribution is -0.148. The van der Waals surface area contributed by atoms with Crippen molar-refractivity contribution in [1.82, 2.24) is 5.32 Å². The van der Waals surface area contributed by atoms with Crippen LogP contribution in [0.5, 0.6) is 0 Å². The van der Waals surface area contributed by atoms with Crippen molar-refractivity contribution >= 4 is 5.97 Å². The average Bonchev–Trinajstić information content (AvgIpc) is 2.82. The van der Waals surface area contributed by atoms with E-state index in [4.69, 9.17) is 9.47 Å². The molecule has 0 radical (unpaired) electrons. The highest BCUT2D eigenvalue weighted by Gasteiger charge is 2.31. The average molecular weight is 201 g/mol. The fourth-order valence-corrected chi connectivity index (χ4v) is 1.28. The molecule has 1 N–H and O–H groups in total. The topological polar surface area (TPSA) is 47.6 Å². The Kier molecular flexibility index (Phi) is 4.90. The van der Waals surface area contributed by atoms with Crippen LogP contribution in [0.15, 0.2) is 0 Å². The molecule has 1 rings (SSSR count). The molecule has 1 aliphatic carbocycles. The molecule has 0 amide bonds. The van der Waals surface area contributed by atoms with Gasteiger partial charge in [-0.25, -0.2) is 4.79 Å². The number of carbonyl (C=O) groups is 1. The molecular formula is C10H19NO3. The molecule has 0 bridgehead atoms. The normalized spacial score (nSPS) is 24.7. The van der Waals surface area contributed by atoms with Gasteiger partial charge in [0.25, 0.3) is 0 Å². The number of carbonyl (C=O) groups excluding carboxylic acids is 1. The van der Waals surface area contributed by atoms with Crippen molar-refractivity contribution in [3.8, 4) is 0 Å². The fraction of sp³-hybridized carbons (Fsp3) is 0.900. The van der Waals surface area contributed by atoms with Crippen molar-refractivity contribution in [2.24, 2.45) is 5.92 Å². The maximum atomic E-state index is 10.8. The van der Waals surface area contributed by atoms with Gasteiger partial charge in [-0.15, -0.1) is 0 Å². The van der Waals surface area contributed by atoms with Crippen LogP contribution in [-0.2, 0) is 14.3 Å². The second kappa shape index (κ2) is 5.98. The van der Waals surface area contributed by atoms with E-state index in [1.165, 1.54) is 6.42 Å². The van der Waals surface area contributed by atoms with Gasteiger partial charge < -0.3 is 14.8 Å². The van der Waals surface area contributed by atoms with E-state index in [0.717, 1.165) is 12.5 Å². The molecule has 0 aromatic rings. The first-order valence-electron chi connectivity index (χ1n) is 5.20. The minimum Gasteiger partial charge on any atom is -0.464 e. The van der Waals surface area contributed by atoms with Crippen molar-refractivity contribution in [2.75, 3.05) is 26.4 Å². The van der Waals surface area contributed by atoms with Gasteiger partial charge in [0.1, 0.15) is 6.61 Å². The minimum atomic E-state index is -0.285. The van der Waals surface area contributed by atoms with E-state index in [1.54, 1.807) is 6.92 Å². The predicted molar refractivity (Wildman–Crippen MR) is 53.0 cm³/mol. The minimum absolute atomic E-state index is 0.0652. The quantitative estimate of drug-likeness (QED) is 0.483. The smallest absolute Gasteiger partial charge is 0.332 e. The van der Waals surface area contributed by atoms with E-state index in [-0.39, 0.29) is 12.6 Å². The van der Waals surface area contributed by atoms with Gasteiger partial charge in [-0.3, -0.25) is 0 Å². The predicted octanol–water partition coefficient (Wildman–Crippen LogP) is 0.564. The summed E-state index contributed by atoms with van der Waals surface area (Å²) in [6, 6.07) is 0.668. The van der Waals surface area contributed by atoms with Crippen molar-refractivity contribution in [3.05, 3.63) is 0 Å². The van der Waals surface area contributed by atoms with E-state index in [0.29, 0.717) is 19.3 Å². The van der Waals surface area contributed by atoms with Gasteiger partial charge in [0.05, 0.1) is 13.2 Å². The summed E-state index contributed by atoms with van der Waals surface area (Å²) >= 11 is 0. The Morgan fingerprint density at radius 1 is 1.57 bits per heavy atom. The van der Waals surface area contributed by atoms with Crippen LogP contribution < -0.4 is 5.32 Å². The summed E-state index contributed by atoms with van der Waals surface area (Å²) in [5.41, 5.74) is 0. The van der Waals surface area contributed by atoms with Gasteiger partial charge in [-0.2, -0.15) is 0 Å². The molecule has 14 heavy (non-hydrogen) atoms. The van der Waals surface area contributed by atoms with Gasteiger partial charge in [0.15, 0.2) is 0 Å². The Hall–Kier alpha value is -0.610. The van der Waals surface area contributed by atoms with Crippen LogP contribution >= 0.6 is 0 Å². The summed E-state index contributed by atoms with van der Waals surface area (Å²) in [6.07, 6.45) is 1.26. The van der Waals surface area contributed by atoms with E-state index >= 15 is 0 Å². The monoisotopic (exact) mass is 201 g/mol. The SMILES string of the molecule is CCOC(=O)COCCNC1CC1C. The number of hydrogen-bond donors (Lipinski definition) is 1. The van der Waals surface area contributed by atoms with Crippen LogP contribution in [-0.4, -0.2) is 38.4 Å². The van der Waals surface area contributed by atoms with Gasteiger partial charge in [-0.05, 0) is 19.3 Å². The van der Waals surface area contributed by atoms with Crippen molar-refractivity contribution in [3.63, 3.8) is 0 Å². The highest BCUT2D eigenvalue weighted by atomic mass is 16.6. The molecule has 1 saturated carbocycles. The molecule has 82 valence electrons. The van der Waals surface area contributed by atoms with Crippen LogP contribution in [0.4, 0.5) is 0 Å². The molecule has 0 aromatic carbocycles. The van der Waals surface area contributed by atoms with Crippen LogP contribution in [0.1, 0.15) is 20.3 Å². The molecule has 4 heteroatoms. The van der Waals surface area contributed by atoms with Gasteiger partial charge in [0, 0.05) is 12.6 Å². The second-order valence-corrected chi connectivity index (χ2v) is 3.63. The summed E-state index contributed by atoms with van der Waals surface area (Å²) in [6.45, 7) is 5.87. The van der Waals surface area contributed by atoms with E-state index in [1.807, 2.05) is 0 Å². The van der Waals surface area contributed by atoms with Crippen LogP contribution in [0, 0.1) is 5.92 Å². The largest absolute Gasteiger partial charge is 0.464 e. The highest BCUT2D eigenvalue weighted by Crippen LogP contribution is 2.28. The molecule has 1 fully saturated rings. The van der Waals surface area contributed by atoms with E-state index in [2.05, 4.69) is 12.2 Å². The number of esters is 1. The summed E-state index contributed by atoms with van der Waals surface area (Å²) in [5.74, 6) is 0.521. The van der Waals surface area contributed by atoms with Gasteiger partial charge in [0.2, 0.25) is 0 Å². The second-order valence-electron chi connectivity index (χ2n) is 3.63. The maximum Gasteiger partial charge on any atom is 0.332 e. The Morgan fingerprint density at radius 2 is 2.29 bits per heavy atom. The Labute approximate surface area is 85.0 Å². The van der Waals surface area contributed by atoms with Crippen molar-refractivity contribution in [2.45, 2.75) is 26.3 Å². The Bertz CT molecular complexity index is 184. The first-order valence-corrected chi connectivity index (χ1v) is 5.20. The molecule has 4 nitrogen and oxygen atoms in total. The lowest BCUT2D eigenvalue weighted by atomic mass is 10.5. The van der Waals surface area contributed by atoms with Gasteiger partial charge >= 0.3 is 5.97 Å². The molecule has 0 aliphatic heterocycles. The lowest BCUT2D eigenvalue weighted by Crippen LogP contribution is -2.24. The molecule has 0 saturated heterocycles. The fourth-order valence-electron chi connectivity index (χ4n) is 1.28. The molecule has 0 heterocycles. The Balaban J connectivity index is 1.82. The summed E-state index contributed by atoms with van der Waals surface area (Å²) in [7, 11) is 0. The van der Waals surface area contributed by atoms with E-state index in [9.17, 15) is 4.79 Å². The summed E-state index contributed by atoms with van der Waals surface area (Å²) in [4.78, 5) is 10.8. The molecular weight excluding hydrogens is 182 g/mol. The van der Waals surface area contributed by atoms with Gasteiger partial charge in [-0.1, -0.05) is 6.92 Å². The maximum absolute atomic E-state index is 10.8. The third-order valence-electron chi connectivity index (χ3n) is 2.29. The number of nitrogens with one attached hydrogen (secondary N) is 1. The van der Waals surface area contributed by atoms with Crippen LogP contribution in [0.2, 0.25) is 0 Å². The molecule has 2 unspecified atom stereocenters. The molecule has 2 atom stereocenters. The molecule has 0 spiro atoms. The van der Waals surface area contributed by atoms with Crippen LogP contribution in [0.3, 0.4) is 0 Å². The lowest BCUT2D eigenvalue weighted by Gasteiger charge is -2.04. The summed E-state index contributed by atoms with van der Waals surface area (Å²) in [5, 5.41) is 3.33. The van der Waals surface area contributed by atoms with Crippen molar-refractivity contribution < 1.29 is 14.3 Å². The summed E-state index contributed by atoms with van der Waals surface area (Å²) < 4.78 is 9.84.